The molecule has 0 saturated carbocycles. The zero-order valence-corrected chi connectivity index (χ0v) is 10.7. The van der Waals surface area contributed by atoms with E-state index in [0.717, 1.165) is 23.6 Å². The molecule has 0 bridgehead atoms. The molecule has 1 aromatic carbocycles. The molecule has 1 aromatic rings. The highest BCUT2D eigenvalue weighted by Gasteiger charge is 2.13. The minimum absolute atomic E-state index is 0.558. The monoisotopic (exact) mass is 255 g/mol. The molecule has 0 saturated heterocycles. The molecule has 0 aromatic heterocycles. The third kappa shape index (κ3) is 3.20. The van der Waals surface area contributed by atoms with Gasteiger partial charge in [-0.25, -0.2) is 0 Å². The third-order valence-corrected chi connectivity index (χ3v) is 3.97. The molecular formula is C12H17NO3S. The second-order valence-electron chi connectivity index (χ2n) is 3.81. The van der Waals surface area contributed by atoms with Gasteiger partial charge in [0.2, 0.25) is 0 Å². The standard InChI is InChI=1S/C12H17NO3S/c1-13-5-2-8-17(14)10-3-4-11-12(9-10)16-7-6-15-11/h3-4,9,13H,2,5-8H2,1H3. The summed E-state index contributed by atoms with van der Waals surface area (Å²) in [5.74, 6) is 2.11. The molecule has 1 unspecified atom stereocenters. The van der Waals surface area contributed by atoms with Gasteiger partial charge in [-0.05, 0) is 32.1 Å². The second-order valence-corrected chi connectivity index (χ2v) is 5.38. The van der Waals surface area contributed by atoms with E-state index in [0.29, 0.717) is 24.7 Å². The van der Waals surface area contributed by atoms with Crippen molar-refractivity contribution in [1.82, 2.24) is 5.32 Å². The van der Waals surface area contributed by atoms with Gasteiger partial charge in [0.1, 0.15) is 13.2 Å². The highest BCUT2D eigenvalue weighted by atomic mass is 32.2. The van der Waals surface area contributed by atoms with Crippen LogP contribution in [0.4, 0.5) is 0 Å². The topological polar surface area (TPSA) is 47.6 Å². The van der Waals surface area contributed by atoms with Gasteiger partial charge in [0.25, 0.3) is 0 Å². The van der Waals surface area contributed by atoms with Crippen molar-refractivity contribution >= 4 is 10.8 Å². The van der Waals surface area contributed by atoms with Crippen LogP contribution >= 0.6 is 0 Å². The average molecular weight is 255 g/mol. The number of nitrogens with one attached hydrogen (secondary N) is 1. The predicted octanol–water partition coefficient (Wildman–Crippen LogP) is 1.17. The number of benzene rings is 1. The van der Waals surface area contributed by atoms with Gasteiger partial charge in [-0.1, -0.05) is 0 Å². The van der Waals surface area contributed by atoms with Crippen LogP contribution in [0.2, 0.25) is 0 Å². The molecule has 2 rings (SSSR count). The Hall–Kier alpha value is -1.07. The molecule has 94 valence electrons. The maximum atomic E-state index is 12.0. The first-order valence-corrected chi connectivity index (χ1v) is 7.06. The molecule has 5 heteroatoms. The van der Waals surface area contributed by atoms with E-state index >= 15 is 0 Å². The van der Waals surface area contributed by atoms with E-state index in [-0.39, 0.29) is 0 Å². The molecule has 0 fully saturated rings. The van der Waals surface area contributed by atoms with Crippen LogP contribution in [0, 0.1) is 0 Å². The summed E-state index contributed by atoms with van der Waals surface area (Å²) in [7, 11) is 0.937. The molecule has 0 amide bonds. The highest BCUT2D eigenvalue weighted by Crippen LogP contribution is 2.31. The Morgan fingerprint density at radius 3 is 2.82 bits per heavy atom. The normalized spacial score (nSPS) is 15.6. The molecule has 4 nitrogen and oxygen atoms in total. The lowest BCUT2D eigenvalue weighted by atomic mass is 10.3. The summed E-state index contributed by atoms with van der Waals surface area (Å²) in [6.07, 6.45) is 0.900. The van der Waals surface area contributed by atoms with E-state index in [1.165, 1.54) is 0 Å². The fraction of sp³-hybridized carbons (Fsp3) is 0.500. The number of hydrogen-bond acceptors (Lipinski definition) is 4. The molecular weight excluding hydrogens is 238 g/mol. The van der Waals surface area contributed by atoms with Crippen molar-refractivity contribution in [2.24, 2.45) is 0 Å². The van der Waals surface area contributed by atoms with Crippen LogP contribution in [0.15, 0.2) is 23.1 Å². The van der Waals surface area contributed by atoms with E-state index in [2.05, 4.69) is 5.32 Å². The molecule has 17 heavy (non-hydrogen) atoms. The molecule has 1 heterocycles. The lowest BCUT2D eigenvalue weighted by molar-refractivity contribution is 0.171. The summed E-state index contributed by atoms with van der Waals surface area (Å²) in [5.41, 5.74) is 0. The van der Waals surface area contributed by atoms with Gasteiger partial charge < -0.3 is 14.8 Å². The lowest BCUT2D eigenvalue weighted by Gasteiger charge is -2.18. The van der Waals surface area contributed by atoms with Crippen molar-refractivity contribution in [1.29, 1.82) is 0 Å². The second kappa shape index (κ2) is 6.02. The lowest BCUT2D eigenvalue weighted by Crippen LogP contribution is -2.15. The Morgan fingerprint density at radius 1 is 1.29 bits per heavy atom. The number of hydrogen-bond donors (Lipinski definition) is 1. The smallest absolute Gasteiger partial charge is 0.162 e. The van der Waals surface area contributed by atoms with E-state index < -0.39 is 10.8 Å². The number of rotatable bonds is 5. The Morgan fingerprint density at radius 2 is 2.06 bits per heavy atom. The van der Waals surface area contributed by atoms with Crippen LogP contribution in [-0.2, 0) is 10.8 Å². The molecule has 0 radical (unpaired) electrons. The van der Waals surface area contributed by atoms with Crippen LogP contribution < -0.4 is 14.8 Å². The van der Waals surface area contributed by atoms with Crippen molar-refractivity contribution in [2.75, 3.05) is 32.6 Å². The quantitative estimate of drug-likeness (QED) is 0.803. The zero-order chi connectivity index (χ0) is 12.1. The van der Waals surface area contributed by atoms with E-state index in [9.17, 15) is 4.21 Å². The Bertz CT molecular complexity index is 409. The van der Waals surface area contributed by atoms with Crippen LogP contribution in [0.5, 0.6) is 11.5 Å². The SMILES string of the molecule is CNCCCS(=O)c1ccc2c(c1)OCCO2. The first-order chi connectivity index (χ1) is 8.31. The Kier molecular flexibility index (Phi) is 4.39. The summed E-state index contributed by atoms with van der Waals surface area (Å²) in [4.78, 5) is 0.811. The van der Waals surface area contributed by atoms with Gasteiger partial charge in [0.05, 0.1) is 10.8 Å². The van der Waals surface area contributed by atoms with Crippen molar-refractivity contribution in [3.63, 3.8) is 0 Å². The minimum Gasteiger partial charge on any atom is -0.486 e. The third-order valence-electron chi connectivity index (χ3n) is 2.53. The maximum absolute atomic E-state index is 12.0. The highest BCUT2D eigenvalue weighted by molar-refractivity contribution is 7.85. The molecule has 1 atom stereocenters. The molecule has 1 aliphatic rings. The minimum atomic E-state index is -0.958. The first-order valence-electron chi connectivity index (χ1n) is 5.74. The Balaban J connectivity index is 2.03. The van der Waals surface area contributed by atoms with Gasteiger partial charge in [-0.2, -0.15) is 0 Å². The molecule has 0 spiro atoms. The van der Waals surface area contributed by atoms with Crippen LogP contribution in [0.1, 0.15) is 6.42 Å². The largest absolute Gasteiger partial charge is 0.486 e. The summed E-state index contributed by atoms with van der Waals surface area (Å²) >= 11 is 0. The summed E-state index contributed by atoms with van der Waals surface area (Å²) < 4.78 is 22.9. The summed E-state index contributed by atoms with van der Waals surface area (Å²) in [5, 5.41) is 3.05. The van der Waals surface area contributed by atoms with Gasteiger partial charge >= 0.3 is 0 Å². The molecule has 1 N–H and O–H groups in total. The van der Waals surface area contributed by atoms with Crippen LogP contribution in [0.3, 0.4) is 0 Å². The fourth-order valence-electron chi connectivity index (χ4n) is 1.66. The first kappa shape index (κ1) is 12.4. The summed E-state index contributed by atoms with van der Waals surface area (Å²) in [6.45, 7) is 2.02. The molecule has 1 aliphatic heterocycles. The van der Waals surface area contributed by atoms with Crippen molar-refractivity contribution in [3.8, 4) is 11.5 Å². The van der Waals surface area contributed by atoms with Gasteiger partial charge in [0, 0.05) is 16.7 Å². The van der Waals surface area contributed by atoms with Crippen molar-refractivity contribution < 1.29 is 13.7 Å². The van der Waals surface area contributed by atoms with Gasteiger partial charge in [-0.15, -0.1) is 0 Å². The number of ether oxygens (including phenoxy) is 2. The zero-order valence-electron chi connectivity index (χ0n) is 9.90. The van der Waals surface area contributed by atoms with Gasteiger partial charge in [-0.3, -0.25) is 4.21 Å². The predicted molar refractivity (Wildman–Crippen MR) is 67.3 cm³/mol. The number of fused-ring (bicyclic) bond motifs is 1. The van der Waals surface area contributed by atoms with Crippen LogP contribution in [-0.4, -0.2) is 36.8 Å². The summed E-state index contributed by atoms with van der Waals surface area (Å²) in [6, 6.07) is 5.51. The maximum Gasteiger partial charge on any atom is 0.162 e. The van der Waals surface area contributed by atoms with Gasteiger partial charge in [0.15, 0.2) is 11.5 Å². The van der Waals surface area contributed by atoms with E-state index in [1.807, 2.05) is 25.2 Å². The van der Waals surface area contributed by atoms with E-state index in [1.54, 1.807) is 0 Å². The average Bonchev–Trinajstić information content (AvgIpc) is 2.38. The van der Waals surface area contributed by atoms with Crippen molar-refractivity contribution in [2.45, 2.75) is 11.3 Å². The van der Waals surface area contributed by atoms with E-state index in [4.69, 9.17) is 9.47 Å². The Labute approximate surface area is 104 Å². The van der Waals surface area contributed by atoms with Crippen molar-refractivity contribution in [3.05, 3.63) is 18.2 Å². The fourth-order valence-corrected chi connectivity index (χ4v) is 2.76. The molecule has 0 aliphatic carbocycles. The van der Waals surface area contributed by atoms with Crippen LogP contribution in [0.25, 0.3) is 0 Å².